The number of hydrogen-bond acceptors (Lipinski definition) is 3. The van der Waals surface area contributed by atoms with Crippen LogP contribution in [-0.4, -0.2) is 43.4 Å². The predicted molar refractivity (Wildman–Crippen MR) is 111 cm³/mol. The fourth-order valence-corrected chi connectivity index (χ4v) is 2.76. The van der Waals surface area contributed by atoms with E-state index in [9.17, 15) is 14.7 Å². The van der Waals surface area contributed by atoms with Gasteiger partial charge in [-0.15, -0.1) is 6.58 Å². The largest absolute Gasteiger partial charge is 0.479 e. The van der Waals surface area contributed by atoms with Crippen molar-refractivity contribution < 1.29 is 19.4 Å². The molecule has 0 aromatic heterocycles. The highest BCUT2D eigenvalue weighted by atomic mass is 16.5. The number of nitrogens with zero attached hydrogens (tertiary/aromatic N) is 1. The van der Waals surface area contributed by atoms with E-state index in [1.165, 1.54) is 0 Å². The molecule has 0 saturated carbocycles. The predicted octanol–water partition coefficient (Wildman–Crippen LogP) is 3.72. The number of amides is 2. The van der Waals surface area contributed by atoms with Gasteiger partial charge in [0.1, 0.15) is 0 Å². The van der Waals surface area contributed by atoms with Gasteiger partial charge < -0.3 is 15.2 Å². The van der Waals surface area contributed by atoms with E-state index < -0.39 is 12.1 Å². The molecule has 0 spiro atoms. The lowest BCUT2D eigenvalue weighted by Gasteiger charge is -2.18. The fourth-order valence-electron chi connectivity index (χ4n) is 2.76. The van der Waals surface area contributed by atoms with E-state index in [1.54, 1.807) is 24.9 Å². The number of nitrogens with one attached hydrogen (secondary N) is 1. The number of aliphatic carboxylic acids is 1. The van der Waals surface area contributed by atoms with Crippen molar-refractivity contribution in [1.29, 1.82) is 0 Å². The molecule has 0 aliphatic rings. The van der Waals surface area contributed by atoms with Gasteiger partial charge in [-0.2, -0.15) is 0 Å². The zero-order chi connectivity index (χ0) is 20.5. The molecule has 2 N–H and O–H groups in total. The van der Waals surface area contributed by atoms with Gasteiger partial charge in [0.05, 0.1) is 0 Å². The number of carbonyl (C=O) groups is 2. The van der Waals surface area contributed by atoms with Crippen LogP contribution in [0.5, 0.6) is 0 Å². The van der Waals surface area contributed by atoms with Gasteiger partial charge in [0, 0.05) is 32.3 Å². The first-order valence-corrected chi connectivity index (χ1v) is 9.12. The van der Waals surface area contributed by atoms with Gasteiger partial charge in [-0.3, -0.25) is 4.90 Å². The molecule has 0 unspecified atom stereocenters. The first-order chi connectivity index (χ1) is 13.5. The first kappa shape index (κ1) is 21.2. The number of anilines is 1. The number of carbonyl (C=O) groups excluding carboxylic acids is 1. The minimum Gasteiger partial charge on any atom is -0.479 e. The van der Waals surface area contributed by atoms with Gasteiger partial charge >= 0.3 is 12.0 Å². The van der Waals surface area contributed by atoms with Crippen LogP contribution in [0.4, 0.5) is 10.5 Å². The summed E-state index contributed by atoms with van der Waals surface area (Å²) in [6, 6.07) is 15.1. The Morgan fingerprint density at radius 3 is 2.54 bits per heavy atom. The third kappa shape index (κ3) is 5.69. The molecule has 0 aliphatic carbocycles. The summed E-state index contributed by atoms with van der Waals surface area (Å²) >= 11 is 0. The molecule has 0 heterocycles. The Hall–Kier alpha value is -3.12. The second kappa shape index (κ2) is 10.3. The van der Waals surface area contributed by atoms with E-state index in [0.717, 1.165) is 22.4 Å². The van der Waals surface area contributed by atoms with Crippen LogP contribution in [0, 0.1) is 0 Å². The third-order valence-electron chi connectivity index (χ3n) is 4.29. The second-order valence-corrected chi connectivity index (χ2v) is 6.27. The number of benzene rings is 2. The van der Waals surface area contributed by atoms with Crippen LogP contribution in [0.3, 0.4) is 0 Å². The van der Waals surface area contributed by atoms with Gasteiger partial charge in [-0.1, -0.05) is 42.5 Å². The summed E-state index contributed by atoms with van der Waals surface area (Å²) in [4.78, 5) is 24.9. The summed E-state index contributed by atoms with van der Waals surface area (Å²) in [6.07, 6.45) is 1.10. The highest BCUT2D eigenvalue weighted by Crippen LogP contribution is 2.25. The van der Waals surface area contributed by atoms with Crippen molar-refractivity contribution in [3.8, 4) is 11.1 Å². The van der Waals surface area contributed by atoms with Gasteiger partial charge in [0.15, 0.2) is 6.10 Å². The molecular formula is C22H26N2O4. The molecular weight excluding hydrogens is 356 g/mol. The van der Waals surface area contributed by atoms with Crippen LogP contribution in [0.1, 0.15) is 12.5 Å². The van der Waals surface area contributed by atoms with Crippen LogP contribution in [0.25, 0.3) is 11.1 Å². The normalized spacial score (nSPS) is 11.5. The average molecular weight is 382 g/mol. The van der Waals surface area contributed by atoms with Crippen LogP contribution in [0.2, 0.25) is 0 Å². The summed E-state index contributed by atoms with van der Waals surface area (Å²) in [6.45, 7) is 6.13. The average Bonchev–Trinajstić information content (AvgIpc) is 2.71. The molecule has 0 fully saturated rings. The van der Waals surface area contributed by atoms with Crippen LogP contribution in [0.15, 0.2) is 61.2 Å². The standard InChI is InChI=1S/C22H26N2O4/c1-4-13-23-22(27)24(3)19-8-6-7-18(15-19)17-11-9-16(10-12-17)14-20(21(25)26)28-5-2/h4,6-12,15,20H,1,5,13-14H2,2-3H3,(H,23,27)(H,25,26)/t20-/m0/s1. The van der Waals surface area contributed by atoms with Crippen LogP contribution >= 0.6 is 0 Å². The lowest BCUT2D eigenvalue weighted by atomic mass is 10.0. The molecule has 1 atom stereocenters. The number of rotatable bonds is 9. The first-order valence-electron chi connectivity index (χ1n) is 9.12. The molecule has 2 aromatic carbocycles. The number of urea groups is 1. The summed E-state index contributed by atoms with van der Waals surface area (Å²) in [5.74, 6) is -0.962. The van der Waals surface area contributed by atoms with Gasteiger partial charge in [0.25, 0.3) is 0 Å². The Bertz CT molecular complexity index is 818. The van der Waals surface area contributed by atoms with Gasteiger partial charge in [-0.25, -0.2) is 9.59 Å². The quantitative estimate of drug-likeness (QED) is 0.648. The van der Waals surface area contributed by atoms with E-state index >= 15 is 0 Å². The van der Waals surface area contributed by atoms with Crippen molar-refractivity contribution in [2.45, 2.75) is 19.4 Å². The molecule has 0 bridgehead atoms. The second-order valence-electron chi connectivity index (χ2n) is 6.27. The molecule has 148 valence electrons. The van der Waals surface area contributed by atoms with Crippen molar-refractivity contribution in [2.75, 3.05) is 25.1 Å². The topological polar surface area (TPSA) is 78.9 Å². The maximum Gasteiger partial charge on any atom is 0.333 e. The fraction of sp³-hybridized carbons (Fsp3) is 0.273. The van der Waals surface area contributed by atoms with Gasteiger partial charge in [0.2, 0.25) is 0 Å². The molecule has 28 heavy (non-hydrogen) atoms. The molecule has 0 radical (unpaired) electrons. The monoisotopic (exact) mass is 382 g/mol. The molecule has 2 rings (SSSR count). The Balaban J connectivity index is 2.14. The Kier molecular flexibility index (Phi) is 7.77. The van der Waals surface area contributed by atoms with Crippen LogP contribution < -0.4 is 10.2 Å². The lowest BCUT2D eigenvalue weighted by molar-refractivity contribution is -0.149. The van der Waals surface area contributed by atoms with Crippen LogP contribution in [-0.2, 0) is 16.0 Å². The molecule has 0 saturated heterocycles. The maximum atomic E-state index is 12.1. The molecule has 0 aliphatic heterocycles. The van der Waals surface area contributed by atoms with E-state index in [4.69, 9.17) is 4.74 Å². The van der Waals surface area contributed by atoms with Crippen molar-refractivity contribution in [2.24, 2.45) is 0 Å². The lowest BCUT2D eigenvalue weighted by Crippen LogP contribution is -2.37. The zero-order valence-corrected chi connectivity index (χ0v) is 16.2. The molecule has 6 nitrogen and oxygen atoms in total. The van der Waals surface area contributed by atoms with Crippen molar-refractivity contribution in [3.05, 3.63) is 66.7 Å². The van der Waals surface area contributed by atoms with E-state index in [-0.39, 0.29) is 6.03 Å². The Morgan fingerprint density at radius 2 is 1.93 bits per heavy atom. The molecule has 2 amide bonds. The molecule has 2 aromatic rings. The number of ether oxygens (including phenoxy) is 1. The van der Waals surface area contributed by atoms with E-state index in [2.05, 4.69) is 11.9 Å². The summed E-state index contributed by atoms with van der Waals surface area (Å²) in [5.41, 5.74) is 3.60. The third-order valence-corrected chi connectivity index (χ3v) is 4.29. The smallest absolute Gasteiger partial charge is 0.333 e. The van der Waals surface area contributed by atoms with Gasteiger partial charge in [-0.05, 0) is 35.7 Å². The number of hydrogen-bond donors (Lipinski definition) is 2. The van der Waals surface area contributed by atoms with Crippen molar-refractivity contribution >= 4 is 17.7 Å². The maximum absolute atomic E-state index is 12.1. The summed E-state index contributed by atoms with van der Waals surface area (Å²) in [5, 5.41) is 12.0. The SMILES string of the molecule is C=CCNC(=O)N(C)c1cccc(-c2ccc(C[C@H](OCC)C(=O)O)cc2)c1. The number of carboxylic acids is 1. The highest BCUT2D eigenvalue weighted by Gasteiger charge is 2.18. The van der Waals surface area contributed by atoms with Crippen molar-refractivity contribution in [1.82, 2.24) is 5.32 Å². The van der Waals surface area contributed by atoms with E-state index in [0.29, 0.717) is 19.6 Å². The van der Waals surface area contributed by atoms with Crippen molar-refractivity contribution in [3.63, 3.8) is 0 Å². The zero-order valence-electron chi connectivity index (χ0n) is 16.2. The Labute approximate surface area is 165 Å². The number of carboxylic acid groups (broad SMARTS) is 1. The molecule has 6 heteroatoms. The minimum absolute atomic E-state index is 0.206. The summed E-state index contributed by atoms with van der Waals surface area (Å²) < 4.78 is 5.27. The van der Waals surface area contributed by atoms with E-state index in [1.807, 2.05) is 48.5 Å². The Morgan fingerprint density at radius 1 is 1.21 bits per heavy atom. The minimum atomic E-state index is -0.962. The highest BCUT2D eigenvalue weighted by molar-refractivity contribution is 5.92. The summed E-state index contributed by atoms with van der Waals surface area (Å²) in [7, 11) is 1.71.